The highest BCUT2D eigenvalue weighted by molar-refractivity contribution is 5.91. The van der Waals surface area contributed by atoms with Crippen LogP contribution in [0.15, 0.2) is 29.1 Å². The standard InChI is InChI=1S/C14H15N5O/c15-5-6-18-7-9-19(10-8-18)13-11-3-1-2-4-12(11)14(20)17-16-13/h1-4H,6-10H2,(H,17,20). The fraction of sp³-hybridized carbons (Fsp3) is 0.357. The van der Waals surface area contributed by atoms with Gasteiger partial charge in [0, 0.05) is 31.6 Å². The number of fused-ring (bicyclic) bond motifs is 1. The summed E-state index contributed by atoms with van der Waals surface area (Å²) in [6, 6.07) is 9.68. The van der Waals surface area contributed by atoms with Crippen LogP contribution in [0.4, 0.5) is 5.82 Å². The second-order valence-electron chi connectivity index (χ2n) is 4.84. The van der Waals surface area contributed by atoms with Crippen molar-refractivity contribution in [3.05, 3.63) is 34.6 Å². The van der Waals surface area contributed by atoms with Crippen molar-refractivity contribution in [1.29, 1.82) is 5.26 Å². The average molecular weight is 269 g/mol. The fourth-order valence-electron chi connectivity index (χ4n) is 2.56. The number of aromatic amines is 1. The first kappa shape index (κ1) is 12.6. The Balaban J connectivity index is 1.91. The summed E-state index contributed by atoms with van der Waals surface area (Å²) in [7, 11) is 0. The van der Waals surface area contributed by atoms with Crippen molar-refractivity contribution >= 4 is 16.6 Å². The predicted octanol–water partition coefficient (Wildman–Crippen LogP) is 0.569. The first-order chi connectivity index (χ1) is 9.79. The van der Waals surface area contributed by atoms with Gasteiger partial charge in [0.1, 0.15) is 0 Å². The van der Waals surface area contributed by atoms with Crippen molar-refractivity contribution in [2.45, 2.75) is 0 Å². The monoisotopic (exact) mass is 269 g/mol. The third-order valence-corrected chi connectivity index (χ3v) is 3.64. The summed E-state index contributed by atoms with van der Waals surface area (Å²) in [6.45, 7) is 3.76. The molecule has 0 amide bonds. The molecular weight excluding hydrogens is 254 g/mol. The largest absolute Gasteiger partial charge is 0.352 e. The van der Waals surface area contributed by atoms with Gasteiger partial charge in [-0.05, 0) is 6.07 Å². The van der Waals surface area contributed by atoms with Gasteiger partial charge in [0.15, 0.2) is 5.82 Å². The number of aromatic nitrogens is 2. The number of piperazine rings is 1. The lowest BCUT2D eigenvalue weighted by atomic mass is 10.1. The van der Waals surface area contributed by atoms with Gasteiger partial charge in [0.25, 0.3) is 5.56 Å². The summed E-state index contributed by atoms with van der Waals surface area (Å²) in [4.78, 5) is 16.0. The van der Waals surface area contributed by atoms with Crippen LogP contribution in [-0.4, -0.2) is 47.8 Å². The molecule has 0 radical (unpaired) electrons. The highest BCUT2D eigenvalue weighted by Crippen LogP contribution is 2.22. The lowest BCUT2D eigenvalue weighted by molar-refractivity contribution is 0.286. The molecule has 20 heavy (non-hydrogen) atoms. The fourth-order valence-corrected chi connectivity index (χ4v) is 2.56. The van der Waals surface area contributed by atoms with Crippen molar-refractivity contribution in [2.24, 2.45) is 0 Å². The van der Waals surface area contributed by atoms with E-state index in [1.807, 2.05) is 24.3 Å². The lowest BCUT2D eigenvalue weighted by Crippen LogP contribution is -2.47. The zero-order chi connectivity index (χ0) is 13.9. The molecule has 0 unspecified atom stereocenters. The summed E-state index contributed by atoms with van der Waals surface area (Å²) in [5, 5.41) is 17.0. The molecule has 0 saturated carbocycles. The third-order valence-electron chi connectivity index (χ3n) is 3.64. The average Bonchev–Trinajstić information content (AvgIpc) is 2.49. The molecular formula is C14H15N5O. The van der Waals surface area contributed by atoms with Crippen molar-refractivity contribution in [2.75, 3.05) is 37.6 Å². The maximum absolute atomic E-state index is 11.8. The second kappa shape index (κ2) is 5.31. The molecule has 1 aliphatic rings. The molecule has 1 aliphatic heterocycles. The molecule has 0 spiro atoms. The Morgan fingerprint density at radius 1 is 1.20 bits per heavy atom. The molecule has 2 aromatic rings. The van der Waals surface area contributed by atoms with Gasteiger partial charge in [-0.3, -0.25) is 9.69 Å². The van der Waals surface area contributed by atoms with E-state index < -0.39 is 0 Å². The Hall–Kier alpha value is -2.39. The van der Waals surface area contributed by atoms with Gasteiger partial charge in [-0.25, -0.2) is 5.10 Å². The van der Waals surface area contributed by atoms with Crippen LogP contribution < -0.4 is 10.5 Å². The van der Waals surface area contributed by atoms with Gasteiger partial charge >= 0.3 is 0 Å². The Morgan fingerprint density at radius 3 is 2.60 bits per heavy atom. The van der Waals surface area contributed by atoms with E-state index in [0.29, 0.717) is 11.9 Å². The van der Waals surface area contributed by atoms with E-state index in [0.717, 1.165) is 37.4 Å². The minimum absolute atomic E-state index is 0.160. The Bertz CT molecular complexity index is 709. The van der Waals surface area contributed by atoms with Gasteiger partial charge in [0.05, 0.1) is 18.0 Å². The highest BCUT2D eigenvalue weighted by Gasteiger charge is 2.19. The zero-order valence-electron chi connectivity index (χ0n) is 11.0. The Kier molecular flexibility index (Phi) is 3.35. The first-order valence-electron chi connectivity index (χ1n) is 6.61. The molecule has 0 atom stereocenters. The molecule has 0 aliphatic carbocycles. The number of nitrogens with one attached hydrogen (secondary N) is 1. The summed E-state index contributed by atoms with van der Waals surface area (Å²) >= 11 is 0. The molecule has 2 heterocycles. The van der Waals surface area contributed by atoms with Gasteiger partial charge in [-0.2, -0.15) is 10.4 Å². The maximum atomic E-state index is 11.8. The third kappa shape index (κ3) is 2.24. The minimum atomic E-state index is -0.160. The van der Waals surface area contributed by atoms with Gasteiger partial charge in [-0.1, -0.05) is 18.2 Å². The number of nitrogens with zero attached hydrogens (tertiary/aromatic N) is 4. The zero-order valence-corrected chi connectivity index (χ0v) is 11.0. The molecule has 6 heteroatoms. The topological polar surface area (TPSA) is 76.0 Å². The molecule has 102 valence electrons. The summed E-state index contributed by atoms with van der Waals surface area (Å²) in [5.41, 5.74) is -0.160. The van der Waals surface area contributed by atoms with Crippen molar-refractivity contribution in [3.8, 4) is 6.07 Å². The smallest absolute Gasteiger partial charge is 0.272 e. The Labute approximate surface area is 116 Å². The van der Waals surface area contributed by atoms with Crippen LogP contribution in [0.2, 0.25) is 0 Å². The number of anilines is 1. The van der Waals surface area contributed by atoms with Crippen molar-refractivity contribution < 1.29 is 0 Å². The summed E-state index contributed by atoms with van der Waals surface area (Å²) in [5.74, 6) is 0.816. The van der Waals surface area contributed by atoms with Crippen LogP contribution in [-0.2, 0) is 0 Å². The number of hydrogen-bond donors (Lipinski definition) is 1. The van der Waals surface area contributed by atoms with Crippen molar-refractivity contribution in [1.82, 2.24) is 15.1 Å². The Morgan fingerprint density at radius 2 is 1.90 bits per heavy atom. The number of rotatable bonds is 2. The summed E-state index contributed by atoms with van der Waals surface area (Å²) < 4.78 is 0. The summed E-state index contributed by atoms with van der Waals surface area (Å²) in [6.07, 6.45) is 0. The van der Waals surface area contributed by atoms with E-state index in [1.165, 1.54) is 0 Å². The van der Waals surface area contributed by atoms with Crippen LogP contribution in [0.1, 0.15) is 0 Å². The minimum Gasteiger partial charge on any atom is -0.352 e. The van der Waals surface area contributed by atoms with Gasteiger partial charge in [-0.15, -0.1) is 0 Å². The lowest BCUT2D eigenvalue weighted by Gasteiger charge is -2.34. The second-order valence-corrected chi connectivity index (χ2v) is 4.84. The van der Waals surface area contributed by atoms with Crippen LogP contribution in [0.5, 0.6) is 0 Å². The normalized spacial score (nSPS) is 16.2. The molecule has 1 fully saturated rings. The van der Waals surface area contributed by atoms with Crippen LogP contribution in [0.3, 0.4) is 0 Å². The first-order valence-corrected chi connectivity index (χ1v) is 6.61. The SMILES string of the molecule is N#CCN1CCN(c2n[nH]c(=O)c3ccccc23)CC1. The van der Waals surface area contributed by atoms with E-state index in [9.17, 15) is 4.79 Å². The predicted molar refractivity (Wildman–Crippen MR) is 76.6 cm³/mol. The number of nitriles is 1. The van der Waals surface area contributed by atoms with Crippen LogP contribution >= 0.6 is 0 Å². The van der Waals surface area contributed by atoms with E-state index in [1.54, 1.807) is 0 Å². The van der Waals surface area contributed by atoms with E-state index in [-0.39, 0.29) is 5.56 Å². The van der Waals surface area contributed by atoms with E-state index in [4.69, 9.17) is 5.26 Å². The quantitative estimate of drug-likeness (QED) is 0.807. The molecule has 1 aromatic heterocycles. The number of hydrogen-bond acceptors (Lipinski definition) is 5. The van der Waals surface area contributed by atoms with E-state index in [2.05, 4.69) is 26.1 Å². The molecule has 1 N–H and O–H groups in total. The molecule has 3 rings (SSSR count). The molecule has 1 saturated heterocycles. The van der Waals surface area contributed by atoms with Crippen molar-refractivity contribution in [3.63, 3.8) is 0 Å². The van der Waals surface area contributed by atoms with Gasteiger partial charge in [0.2, 0.25) is 0 Å². The maximum Gasteiger partial charge on any atom is 0.272 e. The highest BCUT2D eigenvalue weighted by atomic mass is 16.1. The van der Waals surface area contributed by atoms with Gasteiger partial charge < -0.3 is 4.90 Å². The molecule has 0 bridgehead atoms. The number of H-pyrrole nitrogens is 1. The molecule has 1 aromatic carbocycles. The number of benzene rings is 1. The molecule has 6 nitrogen and oxygen atoms in total. The van der Waals surface area contributed by atoms with Crippen LogP contribution in [0, 0.1) is 11.3 Å². The van der Waals surface area contributed by atoms with E-state index >= 15 is 0 Å². The van der Waals surface area contributed by atoms with Crippen LogP contribution in [0.25, 0.3) is 10.8 Å².